The molecule has 0 fully saturated rings. The molecule has 0 saturated heterocycles. The second kappa shape index (κ2) is 4.12. The van der Waals surface area contributed by atoms with Crippen LogP contribution in [0.2, 0.25) is 0 Å². The molecule has 0 aliphatic rings. The fourth-order valence-corrected chi connectivity index (χ4v) is 2.71. The summed E-state index contributed by atoms with van der Waals surface area (Å²) >= 11 is 5.04. The molecular weight excluding hydrogens is 300 g/mol. The molecule has 2 N–H and O–H groups in total. The number of fused-ring (bicyclic) bond motifs is 1. The van der Waals surface area contributed by atoms with Gasteiger partial charge in [-0.3, -0.25) is 0 Å². The largest absolute Gasteiger partial charge is 0.369 e. The smallest absolute Gasteiger partial charge is 0.201 e. The Morgan fingerprint density at radius 2 is 2.29 bits per heavy atom. The fourth-order valence-electron chi connectivity index (χ4n) is 1.75. The average Bonchev–Trinajstić information content (AvgIpc) is 2.88. The van der Waals surface area contributed by atoms with Crippen molar-refractivity contribution in [3.8, 4) is 0 Å². The Morgan fingerprint density at radius 3 is 3.06 bits per heavy atom. The van der Waals surface area contributed by atoms with E-state index in [1.807, 2.05) is 28.1 Å². The molecule has 6 heteroatoms. The predicted molar refractivity (Wildman–Crippen MR) is 73.1 cm³/mol. The number of thiazole rings is 1. The number of nitrogens with two attached hydrogens (primary N) is 1. The maximum Gasteiger partial charge on any atom is 0.201 e. The van der Waals surface area contributed by atoms with E-state index >= 15 is 0 Å². The number of anilines is 1. The highest BCUT2D eigenvalue weighted by Gasteiger charge is 2.09. The summed E-state index contributed by atoms with van der Waals surface area (Å²) in [7, 11) is 0. The Labute approximate surface area is 110 Å². The van der Waals surface area contributed by atoms with E-state index in [-0.39, 0.29) is 0 Å². The summed E-state index contributed by atoms with van der Waals surface area (Å²) in [5.74, 6) is 0.522. The van der Waals surface area contributed by atoms with Crippen LogP contribution in [0.5, 0.6) is 0 Å². The fraction of sp³-hybridized carbons (Fsp3) is 0.0909. The lowest BCUT2D eigenvalue weighted by Crippen LogP contribution is -2.04. The summed E-state index contributed by atoms with van der Waals surface area (Å²) in [4.78, 5) is 8.60. The van der Waals surface area contributed by atoms with Gasteiger partial charge in [-0.05, 0) is 18.2 Å². The van der Waals surface area contributed by atoms with E-state index < -0.39 is 0 Å². The van der Waals surface area contributed by atoms with Gasteiger partial charge in [0.1, 0.15) is 5.01 Å². The number of imidazole rings is 1. The molecule has 0 unspecified atom stereocenters. The van der Waals surface area contributed by atoms with Crippen LogP contribution in [0, 0.1) is 0 Å². The van der Waals surface area contributed by atoms with Crippen molar-refractivity contribution in [2.24, 2.45) is 0 Å². The van der Waals surface area contributed by atoms with Crippen molar-refractivity contribution in [3.63, 3.8) is 0 Å². The standard InChI is InChI=1S/C11H9BrN4S/c12-7-1-2-9-8(5-7)15-11(13)16(9)6-10-14-3-4-17-10/h1-5H,6H2,(H2,13,15). The van der Waals surface area contributed by atoms with Crippen molar-refractivity contribution in [1.82, 2.24) is 14.5 Å². The number of hydrogen-bond donors (Lipinski definition) is 1. The first kappa shape index (κ1) is 10.7. The van der Waals surface area contributed by atoms with Crippen molar-refractivity contribution < 1.29 is 0 Å². The molecule has 0 bridgehead atoms. The van der Waals surface area contributed by atoms with Crippen molar-refractivity contribution >= 4 is 44.2 Å². The highest BCUT2D eigenvalue weighted by atomic mass is 79.9. The summed E-state index contributed by atoms with van der Waals surface area (Å²) < 4.78 is 2.98. The minimum atomic E-state index is 0.522. The number of halogens is 1. The molecular formula is C11H9BrN4S. The molecule has 3 rings (SSSR count). The van der Waals surface area contributed by atoms with E-state index in [0.717, 1.165) is 20.5 Å². The maximum atomic E-state index is 5.93. The van der Waals surface area contributed by atoms with Crippen LogP contribution in [0.1, 0.15) is 5.01 Å². The topological polar surface area (TPSA) is 56.7 Å². The summed E-state index contributed by atoms with van der Waals surface area (Å²) in [5, 5.41) is 2.99. The van der Waals surface area contributed by atoms with Crippen LogP contribution in [0.4, 0.5) is 5.95 Å². The van der Waals surface area contributed by atoms with Gasteiger partial charge in [0, 0.05) is 16.0 Å². The lowest BCUT2D eigenvalue weighted by molar-refractivity contribution is 0.829. The van der Waals surface area contributed by atoms with Gasteiger partial charge in [0.25, 0.3) is 0 Å². The van der Waals surface area contributed by atoms with E-state index in [9.17, 15) is 0 Å². The van der Waals surface area contributed by atoms with Crippen LogP contribution < -0.4 is 5.73 Å². The number of nitrogens with zero attached hydrogens (tertiary/aromatic N) is 3. The van der Waals surface area contributed by atoms with Gasteiger partial charge >= 0.3 is 0 Å². The zero-order valence-electron chi connectivity index (χ0n) is 8.80. The Bertz CT molecular complexity index is 659. The van der Waals surface area contributed by atoms with E-state index in [1.54, 1.807) is 17.5 Å². The van der Waals surface area contributed by atoms with Gasteiger partial charge in [-0.15, -0.1) is 11.3 Å². The van der Waals surface area contributed by atoms with E-state index in [1.165, 1.54) is 0 Å². The van der Waals surface area contributed by atoms with Crippen molar-refractivity contribution in [3.05, 3.63) is 39.3 Å². The van der Waals surface area contributed by atoms with Gasteiger partial charge in [-0.1, -0.05) is 15.9 Å². The quantitative estimate of drug-likeness (QED) is 0.792. The molecule has 17 heavy (non-hydrogen) atoms. The van der Waals surface area contributed by atoms with Crippen molar-refractivity contribution in [1.29, 1.82) is 0 Å². The number of rotatable bonds is 2. The zero-order valence-corrected chi connectivity index (χ0v) is 11.2. The third kappa shape index (κ3) is 1.94. The molecule has 2 heterocycles. The van der Waals surface area contributed by atoms with E-state index in [4.69, 9.17) is 5.73 Å². The Balaban J connectivity index is 2.12. The van der Waals surface area contributed by atoms with Gasteiger partial charge < -0.3 is 10.3 Å². The van der Waals surface area contributed by atoms with Crippen molar-refractivity contribution in [2.75, 3.05) is 5.73 Å². The molecule has 86 valence electrons. The lowest BCUT2D eigenvalue weighted by atomic mass is 10.3. The Kier molecular flexibility index (Phi) is 2.60. The summed E-state index contributed by atoms with van der Waals surface area (Å²) in [6.45, 7) is 0.668. The maximum absolute atomic E-state index is 5.93. The predicted octanol–water partition coefficient (Wildman–Crippen LogP) is 2.89. The summed E-state index contributed by atoms with van der Waals surface area (Å²) in [5.41, 5.74) is 7.86. The number of nitrogen functional groups attached to an aromatic ring is 1. The van der Waals surface area contributed by atoms with Crippen LogP contribution in [0.25, 0.3) is 11.0 Å². The number of aromatic nitrogens is 3. The third-order valence-electron chi connectivity index (χ3n) is 2.52. The van der Waals surface area contributed by atoms with Gasteiger partial charge in [0.2, 0.25) is 5.95 Å². The molecule has 3 aromatic rings. The zero-order chi connectivity index (χ0) is 11.8. The van der Waals surface area contributed by atoms with E-state index in [2.05, 4.69) is 25.9 Å². The average molecular weight is 309 g/mol. The van der Waals surface area contributed by atoms with Crippen LogP contribution in [0.3, 0.4) is 0 Å². The van der Waals surface area contributed by atoms with E-state index in [0.29, 0.717) is 12.5 Å². The molecule has 0 aliphatic carbocycles. The molecule has 0 radical (unpaired) electrons. The molecule has 0 spiro atoms. The molecule has 1 aromatic carbocycles. The molecule has 2 aromatic heterocycles. The summed E-state index contributed by atoms with van der Waals surface area (Å²) in [6, 6.07) is 5.96. The minimum Gasteiger partial charge on any atom is -0.369 e. The van der Waals surface area contributed by atoms with Crippen LogP contribution >= 0.6 is 27.3 Å². The number of benzene rings is 1. The molecule has 0 amide bonds. The van der Waals surface area contributed by atoms with Crippen molar-refractivity contribution in [2.45, 2.75) is 6.54 Å². The molecule has 0 aliphatic heterocycles. The highest BCUT2D eigenvalue weighted by molar-refractivity contribution is 9.10. The van der Waals surface area contributed by atoms with Crippen LogP contribution in [-0.2, 0) is 6.54 Å². The third-order valence-corrected chi connectivity index (χ3v) is 3.77. The molecule has 4 nitrogen and oxygen atoms in total. The van der Waals surface area contributed by atoms with Crippen LogP contribution in [0.15, 0.2) is 34.2 Å². The van der Waals surface area contributed by atoms with Gasteiger partial charge in [-0.25, -0.2) is 9.97 Å². The first-order valence-corrected chi connectivity index (χ1v) is 6.71. The Morgan fingerprint density at radius 1 is 1.41 bits per heavy atom. The molecule has 0 atom stereocenters. The van der Waals surface area contributed by atoms with Gasteiger partial charge in [0.05, 0.1) is 17.6 Å². The van der Waals surface area contributed by atoms with Crippen LogP contribution in [-0.4, -0.2) is 14.5 Å². The SMILES string of the molecule is Nc1nc2cc(Br)ccc2n1Cc1nccs1. The first-order valence-electron chi connectivity index (χ1n) is 5.03. The monoisotopic (exact) mass is 308 g/mol. The van der Waals surface area contributed by atoms with Gasteiger partial charge in [0.15, 0.2) is 0 Å². The normalized spacial score (nSPS) is 11.1. The minimum absolute atomic E-state index is 0.522. The highest BCUT2D eigenvalue weighted by Crippen LogP contribution is 2.23. The number of hydrogen-bond acceptors (Lipinski definition) is 4. The first-order chi connectivity index (χ1) is 8.24. The lowest BCUT2D eigenvalue weighted by Gasteiger charge is -2.03. The van der Waals surface area contributed by atoms with Gasteiger partial charge in [-0.2, -0.15) is 0 Å². The second-order valence-electron chi connectivity index (χ2n) is 3.62. The summed E-state index contributed by atoms with van der Waals surface area (Å²) in [6.07, 6.45) is 1.80. The second-order valence-corrected chi connectivity index (χ2v) is 5.51. The Hall–Kier alpha value is -1.40. The molecule has 0 saturated carbocycles.